The first kappa shape index (κ1) is 14.0. The number of anilines is 2. The predicted molar refractivity (Wildman–Crippen MR) is 81.0 cm³/mol. The number of hydrogen-bond donors (Lipinski definition) is 1. The van der Waals surface area contributed by atoms with Crippen LogP contribution in [0.2, 0.25) is 0 Å². The highest BCUT2D eigenvalue weighted by Crippen LogP contribution is 2.32. The molecule has 96 valence electrons. The molecule has 1 N–H and O–H groups in total. The fourth-order valence-electron chi connectivity index (χ4n) is 1.62. The lowest BCUT2D eigenvalue weighted by Gasteiger charge is -2.12. The number of benzene rings is 2. The number of aryl methyl sites for hydroxylation is 1. The maximum atomic E-state index is 14.1. The lowest BCUT2D eigenvalue weighted by Crippen LogP contribution is -1.97. The van der Waals surface area contributed by atoms with Gasteiger partial charge in [0, 0.05) is 4.47 Å². The van der Waals surface area contributed by atoms with Crippen molar-refractivity contribution in [3.05, 3.63) is 56.2 Å². The van der Waals surface area contributed by atoms with Crippen LogP contribution in [0.5, 0.6) is 0 Å². The van der Waals surface area contributed by atoms with Gasteiger partial charge in [-0.05, 0) is 62.5 Å². The zero-order chi connectivity index (χ0) is 14.0. The van der Waals surface area contributed by atoms with E-state index in [9.17, 15) is 4.39 Å². The van der Waals surface area contributed by atoms with E-state index in [0.717, 1.165) is 15.7 Å². The molecular weight excluding hydrogens is 375 g/mol. The molecule has 19 heavy (non-hydrogen) atoms. The molecule has 2 aromatic rings. The van der Waals surface area contributed by atoms with Crippen LogP contribution in [-0.4, -0.2) is 0 Å². The van der Waals surface area contributed by atoms with E-state index in [1.165, 1.54) is 0 Å². The number of hydrogen-bond acceptors (Lipinski definition) is 2. The normalized spacial score (nSPS) is 10.1. The van der Waals surface area contributed by atoms with Crippen LogP contribution in [0.4, 0.5) is 15.8 Å². The van der Waals surface area contributed by atoms with E-state index in [2.05, 4.69) is 37.2 Å². The molecule has 0 aliphatic carbocycles. The van der Waals surface area contributed by atoms with Crippen LogP contribution < -0.4 is 5.32 Å². The Balaban J connectivity index is 2.43. The molecule has 0 unspecified atom stereocenters. The summed E-state index contributed by atoms with van der Waals surface area (Å²) in [6, 6.07) is 10.7. The fourth-order valence-corrected chi connectivity index (χ4v) is 2.42. The first-order chi connectivity index (χ1) is 9.04. The van der Waals surface area contributed by atoms with Gasteiger partial charge in [-0.15, -0.1) is 0 Å². The quantitative estimate of drug-likeness (QED) is 0.766. The van der Waals surface area contributed by atoms with Crippen LogP contribution in [0, 0.1) is 24.1 Å². The minimum atomic E-state index is -0.479. The molecule has 0 fully saturated rings. The zero-order valence-corrected chi connectivity index (χ0v) is 13.1. The van der Waals surface area contributed by atoms with Crippen molar-refractivity contribution in [2.75, 3.05) is 5.32 Å². The van der Waals surface area contributed by atoms with Crippen LogP contribution in [0.25, 0.3) is 0 Å². The Hall–Kier alpha value is -1.38. The molecule has 0 radical (unpaired) electrons. The van der Waals surface area contributed by atoms with Gasteiger partial charge < -0.3 is 5.32 Å². The Labute approximate surface area is 127 Å². The van der Waals surface area contributed by atoms with Gasteiger partial charge in [-0.2, -0.15) is 5.26 Å². The van der Waals surface area contributed by atoms with Crippen LogP contribution in [0.3, 0.4) is 0 Å². The number of nitrogens with one attached hydrogen (secondary N) is 1. The molecule has 0 heterocycles. The smallest absolute Gasteiger partial charge is 0.162 e. The van der Waals surface area contributed by atoms with Crippen LogP contribution in [0.15, 0.2) is 39.3 Å². The zero-order valence-electron chi connectivity index (χ0n) is 9.97. The van der Waals surface area contributed by atoms with Gasteiger partial charge in [-0.1, -0.05) is 12.1 Å². The molecule has 0 amide bonds. The van der Waals surface area contributed by atoms with Crippen molar-refractivity contribution in [2.24, 2.45) is 0 Å². The van der Waals surface area contributed by atoms with Gasteiger partial charge in [-0.3, -0.25) is 0 Å². The Bertz CT molecular complexity index is 678. The first-order valence-corrected chi connectivity index (χ1v) is 7.03. The molecule has 0 aliphatic heterocycles. The minimum Gasteiger partial charge on any atom is -0.352 e. The van der Waals surface area contributed by atoms with Crippen molar-refractivity contribution in [3.63, 3.8) is 0 Å². The van der Waals surface area contributed by atoms with E-state index >= 15 is 0 Å². The molecule has 2 aromatic carbocycles. The van der Waals surface area contributed by atoms with E-state index < -0.39 is 5.82 Å². The van der Waals surface area contributed by atoms with Gasteiger partial charge in [-0.25, -0.2) is 4.39 Å². The molecule has 0 saturated carbocycles. The Morgan fingerprint density at radius 1 is 1.11 bits per heavy atom. The Morgan fingerprint density at radius 2 is 1.84 bits per heavy atom. The highest BCUT2D eigenvalue weighted by Gasteiger charge is 2.12. The largest absolute Gasteiger partial charge is 0.352 e. The van der Waals surface area contributed by atoms with Crippen molar-refractivity contribution < 1.29 is 4.39 Å². The van der Waals surface area contributed by atoms with Crippen molar-refractivity contribution in [1.29, 1.82) is 5.26 Å². The summed E-state index contributed by atoms with van der Waals surface area (Å²) in [6.45, 7) is 1.96. The summed E-state index contributed by atoms with van der Waals surface area (Å²) in [6.07, 6.45) is 0. The maximum Gasteiger partial charge on any atom is 0.162 e. The summed E-state index contributed by atoms with van der Waals surface area (Å²) < 4.78 is 15.1. The molecular formula is C14H9Br2FN2. The highest BCUT2D eigenvalue weighted by atomic mass is 79.9. The standard InChI is InChI=1S/C14H9Br2FN2/c1-8-3-2-4-10(12(8)15)19-11-6-5-9(7-18)13(16)14(11)17/h2-6,19H,1H3. The topological polar surface area (TPSA) is 35.8 Å². The molecule has 2 nitrogen and oxygen atoms in total. The Morgan fingerprint density at radius 3 is 2.53 bits per heavy atom. The number of nitrogens with zero attached hydrogens (tertiary/aromatic N) is 1. The first-order valence-electron chi connectivity index (χ1n) is 5.45. The summed E-state index contributed by atoms with van der Waals surface area (Å²) in [5, 5.41) is 11.8. The SMILES string of the molecule is Cc1cccc(Nc2ccc(C#N)c(Br)c2F)c1Br. The van der Waals surface area contributed by atoms with Crippen molar-refractivity contribution in [2.45, 2.75) is 6.92 Å². The fraction of sp³-hybridized carbons (Fsp3) is 0.0714. The van der Waals surface area contributed by atoms with Gasteiger partial charge in [0.1, 0.15) is 6.07 Å². The van der Waals surface area contributed by atoms with E-state index in [0.29, 0.717) is 5.69 Å². The monoisotopic (exact) mass is 382 g/mol. The van der Waals surface area contributed by atoms with E-state index in [4.69, 9.17) is 5.26 Å². The minimum absolute atomic E-state index is 0.170. The molecule has 0 spiro atoms. The summed E-state index contributed by atoms with van der Waals surface area (Å²) >= 11 is 6.55. The molecule has 0 atom stereocenters. The van der Waals surface area contributed by atoms with E-state index in [1.807, 2.05) is 31.2 Å². The summed E-state index contributed by atoms with van der Waals surface area (Å²) in [7, 11) is 0. The maximum absolute atomic E-state index is 14.1. The number of nitriles is 1. The Kier molecular flexibility index (Phi) is 4.23. The number of rotatable bonds is 2. The number of halogens is 3. The summed E-state index contributed by atoms with van der Waals surface area (Å²) in [4.78, 5) is 0. The molecule has 2 rings (SSSR count). The van der Waals surface area contributed by atoms with E-state index in [1.54, 1.807) is 12.1 Å². The van der Waals surface area contributed by atoms with Gasteiger partial charge in [0.2, 0.25) is 0 Å². The third-order valence-electron chi connectivity index (χ3n) is 2.66. The molecule has 0 bridgehead atoms. The lowest BCUT2D eigenvalue weighted by molar-refractivity contribution is 0.624. The summed E-state index contributed by atoms with van der Waals surface area (Å²) in [5.74, 6) is -0.479. The third-order valence-corrected chi connectivity index (χ3v) is 4.49. The predicted octanol–water partition coefficient (Wildman–Crippen LogP) is 5.27. The van der Waals surface area contributed by atoms with Crippen molar-refractivity contribution in [3.8, 4) is 6.07 Å². The third kappa shape index (κ3) is 2.80. The lowest BCUT2D eigenvalue weighted by atomic mass is 10.2. The van der Waals surface area contributed by atoms with Crippen molar-refractivity contribution >= 4 is 43.2 Å². The molecule has 0 aromatic heterocycles. The van der Waals surface area contributed by atoms with Crippen LogP contribution in [-0.2, 0) is 0 Å². The van der Waals surface area contributed by atoms with Gasteiger partial charge in [0.05, 0.1) is 21.4 Å². The van der Waals surface area contributed by atoms with Gasteiger partial charge >= 0.3 is 0 Å². The second kappa shape index (κ2) is 5.72. The van der Waals surface area contributed by atoms with Gasteiger partial charge in [0.25, 0.3) is 0 Å². The second-order valence-corrected chi connectivity index (χ2v) is 5.55. The highest BCUT2D eigenvalue weighted by molar-refractivity contribution is 9.11. The molecule has 0 aliphatic rings. The molecule has 5 heteroatoms. The average molecular weight is 384 g/mol. The average Bonchev–Trinajstić information content (AvgIpc) is 2.40. The summed E-state index contributed by atoms with van der Waals surface area (Å²) in [5.41, 5.74) is 2.41. The van der Waals surface area contributed by atoms with Crippen LogP contribution >= 0.6 is 31.9 Å². The van der Waals surface area contributed by atoms with Crippen molar-refractivity contribution in [1.82, 2.24) is 0 Å². The van der Waals surface area contributed by atoms with Gasteiger partial charge in [0.15, 0.2) is 5.82 Å². The van der Waals surface area contributed by atoms with Crippen LogP contribution in [0.1, 0.15) is 11.1 Å². The molecule has 0 saturated heterocycles. The second-order valence-electron chi connectivity index (χ2n) is 3.96. The van der Waals surface area contributed by atoms with E-state index in [-0.39, 0.29) is 10.0 Å².